The summed E-state index contributed by atoms with van der Waals surface area (Å²) >= 11 is 0. The Balaban J connectivity index is 2.06. The quantitative estimate of drug-likeness (QED) is 0.759. The molecule has 0 radical (unpaired) electrons. The topological polar surface area (TPSA) is 71.1 Å². The predicted octanol–water partition coefficient (Wildman–Crippen LogP) is 3.66. The van der Waals surface area contributed by atoms with E-state index in [0.29, 0.717) is 45.3 Å². The molecule has 2 aromatic rings. The number of hydrogen-bond acceptors (Lipinski definition) is 6. The van der Waals surface area contributed by atoms with Crippen LogP contribution in [0.4, 0.5) is 0 Å². The number of methoxy groups -OCH3 is 4. The fraction of sp³-hybridized carbons (Fsp3) is 0.273. The molecular formula is C22H22O6. The van der Waals surface area contributed by atoms with E-state index in [2.05, 4.69) is 0 Å². The number of carbonyl (C=O) groups excluding carboxylic acids is 2. The van der Waals surface area contributed by atoms with Crippen LogP contribution in [0.5, 0.6) is 23.0 Å². The van der Waals surface area contributed by atoms with Gasteiger partial charge in [0.25, 0.3) is 0 Å². The molecule has 0 unspecified atom stereocenters. The molecule has 28 heavy (non-hydrogen) atoms. The van der Waals surface area contributed by atoms with Gasteiger partial charge in [-0.15, -0.1) is 0 Å². The van der Waals surface area contributed by atoms with Crippen molar-refractivity contribution in [2.45, 2.75) is 13.3 Å². The van der Waals surface area contributed by atoms with Gasteiger partial charge in [-0.3, -0.25) is 9.59 Å². The number of hydrogen-bond donors (Lipinski definition) is 0. The lowest BCUT2D eigenvalue weighted by molar-refractivity contribution is 0.0972. The zero-order chi connectivity index (χ0) is 20.4. The van der Waals surface area contributed by atoms with Gasteiger partial charge in [-0.2, -0.15) is 0 Å². The van der Waals surface area contributed by atoms with Gasteiger partial charge >= 0.3 is 0 Å². The molecule has 0 spiro atoms. The second-order valence-corrected chi connectivity index (χ2v) is 6.41. The Hall–Kier alpha value is -3.28. The van der Waals surface area contributed by atoms with Crippen molar-refractivity contribution in [2.75, 3.05) is 28.4 Å². The van der Waals surface area contributed by atoms with Crippen LogP contribution in [0.25, 0.3) is 0 Å². The van der Waals surface area contributed by atoms with Crippen molar-refractivity contribution in [3.63, 3.8) is 0 Å². The smallest absolute Gasteiger partial charge is 0.190 e. The van der Waals surface area contributed by atoms with Crippen molar-refractivity contribution < 1.29 is 28.5 Å². The lowest BCUT2D eigenvalue weighted by Crippen LogP contribution is -2.22. The molecule has 2 aromatic carbocycles. The number of ether oxygens (including phenoxy) is 4. The predicted molar refractivity (Wildman–Crippen MR) is 104 cm³/mol. The summed E-state index contributed by atoms with van der Waals surface area (Å²) in [6.45, 7) is 1.67. The molecule has 0 bridgehead atoms. The van der Waals surface area contributed by atoms with Gasteiger partial charge in [0.05, 0.1) is 28.4 Å². The maximum Gasteiger partial charge on any atom is 0.190 e. The van der Waals surface area contributed by atoms with E-state index in [1.54, 1.807) is 39.3 Å². The monoisotopic (exact) mass is 382 g/mol. The highest BCUT2D eigenvalue weighted by Crippen LogP contribution is 2.37. The van der Waals surface area contributed by atoms with Crippen LogP contribution in [-0.2, 0) is 6.42 Å². The van der Waals surface area contributed by atoms with Crippen LogP contribution in [-0.4, -0.2) is 40.0 Å². The Morgan fingerprint density at radius 2 is 1.18 bits per heavy atom. The van der Waals surface area contributed by atoms with Gasteiger partial charge in [0.2, 0.25) is 0 Å². The lowest BCUT2D eigenvalue weighted by Gasteiger charge is -2.21. The number of carbonyl (C=O) groups is 2. The molecule has 0 heterocycles. The first-order chi connectivity index (χ1) is 13.4. The Labute approximate surface area is 163 Å². The normalized spacial score (nSPS) is 13.3. The van der Waals surface area contributed by atoms with Crippen molar-refractivity contribution >= 4 is 11.6 Å². The molecule has 1 aliphatic rings. The van der Waals surface area contributed by atoms with Gasteiger partial charge in [0.1, 0.15) is 11.5 Å². The van der Waals surface area contributed by atoms with Crippen LogP contribution in [0, 0.1) is 0 Å². The standard InChI is InChI=1S/C22H22O6/c1-12-16(8-13-6-14(25-2)9-15(7-13)26-3)22(24)18-11-20(28-5)19(27-4)10-17(18)21(12)23/h6-7,9-11H,8H2,1-5H3. The highest BCUT2D eigenvalue weighted by molar-refractivity contribution is 6.27. The molecular weight excluding hydrogens is 360 g/mol. The van der Waals surface area contributed by atoms with Gasteiger partial charge < -0.3 is 18.9 Å². The number of ketones is 2. The Bertz CT molecular complexity index is 965. The fourth-order valence-electron chi connectivity index (χ4n) is 3.31. The lowest BCUT2D eigenvalue weighted by atomic mass is 9.82. The zero-order valence-electron chi connectivity index (χ0n) is 16.5. The van der Waals surface area contributed by atoms with Crippen molar-refractivity contribution in [1.29, 1.82) is 0 Å². The van der Waals surface area contributed by atoms with Crippen LogP contribution in [0.2, 0.25) is 0 Å². The molecule has 6 heteroatoms. The van der Waals surface area contributed by atoms with E-state index >= 15 is 0 Å². The average Bonchev–Trinajstić information content (AvgIpc) is 2.73. The summed E-state index contributed by atoms with van der Waals surface area (Å²) in [5.74, 6) is 1.67. The zero-order valence-corrected chi connectivity index (χ0v) is 16.5. The van der Waals surface area contributed by atoms with Gasteiger partial charge in [0, 0.05) is 34.8 Å². The molecule has 0 fully saturated rings. The highest BCUT2D eigenvalue weighted by atomic mass is 16.5. The summed E-state index contributed by atoms with van der Waals surface area (Å²) in [4.78, 5) is 26.1. The Morgan fingerprint density at radius 3 is 1.64 bits per heavy atom. The van der Waals surface area contributed by atoms with Crippen LogP contribution >= 0.6 is 0 Å². The SMILES string of the molecule is COc1cc(CC2=C(C)C(=O)c3cc(OC)c(OC)cc3C2=O)cc(OC)c1. The van der Waals surface area contributed by atoms with E-state index in [1.807, 2.05) is 12.1 Å². The third-order valence-corrected chi connectivity index (χ3v) is 4.87. The highest BCUT2D eigenvalue weighted by Gasteiger charge is 2.31. The fourth-order valence-corrected chi connectivity index (χ4v) is 3.31. The van der Waals surface area contributed by atoms with E-state index in [9.17, 15) is 9.59 Å². The van der Waals surface area contributed by atoms with E-state index in [-0.39, 0.29) is 18.0 Å². The Kier molecular flexibility index (Phi) is 5.40. The van der Waals surface area contributed by atoms with Gasteiger partial charge in [-0.1, -0.05) is 0 Å². The van der Waals surface area contributed by atoms with E-state index < -0.39 is 0 Å². The first-order valence-electron chi connectivity index (χ1n) is 8.70. The second-order valence-electron chi connectivity index (χ2n) is 6.41. The summed E-state index contributed by atoms with van der Waals surface area (Å²) in [6, 6.07) is 8.52. The molecule has 1 aliphatic carbocycles. The molecule has 0 saturated heterocycles. The first-order valence-corrected chi connectivity index (χ1v) is 8.70. The number of Topliss-reactive ketones (excluding diaryl/α,β-unsaturated/α-hetero) is 2. The van der Waals surface area contributed by atoms with Crippen molar-refractivity contribution in [3.8, 4) is 23.0 Å². The largest absolute Gasteiger partial charge is 0.497 e. The van der Waals surface area contributed by atoms with Crippen molar-refractivity contribution in [1.82, 2.24) is 0 Å². The van der Waals surface area contributed by atoms with Gasteiger partial charge in [0.15, 0.2) is 23.1 Å². The van der Waals surface area contributed by atoms with Crippen molar-refractivity contribution in [3.05, 3.63) is 58.2 Å². The van der Waals surface area contributed by atoms with Crippen LogP contribution in [0.15, 0.2) is 41.5 Å². The summed E-state index contributed by atoms with van der Waals surface area (Å²) in [5.41, 5.74) is 2.33. The summed E-state index contributed by atoms with van der Waals surface area (Å²) in [7, 11) is 6.11. The number of rotatable bonds is 6. The third-order valence-electron chi connectivity index (χ3n) is 4.87. The maximum atomic E-state index is 13.2. The molecule has 0 atom stereocenters. The minimum atomic E-state index is -0.199. The number of benzene rings is 2. The van der Waals surface area contributed by atoms with E-state index in [1.165, 1.54) is 14.2 Å². The second kappa shape index (κ2) is 7.76. The Morgan fingerprint density at radius 1 is 0.679 bits per heavy atom. The number of fused-ring (bicyclic) bond motifs is 1. The molecule has 0 aromatic heterocycles. The molecule has 6 nitrogen and oxygen atoms in total. The average molecular weight is 382 g/mol. The van der Waals surface area contributed by atoms with Crippen LogP contribution in [0.1, 0.15) is 33.2 Å². The van der Waals surface area contributed by atoms with Crippen LogP contribution in [0.3, 0.4) is 0 Å². The minimum absolute atomic E-state index is 0.194. The maximum absolute atomic E-state index is 13.2. The summed E-state index contributed by atoms with van der Waals surface area (Å²) < 4.78 is 21.1. The summed E-state index contributed by atoms with van der Waals surface area (Å²) in [6.07, 6.45) is 0.289. The van der Waals surface area contributed by atoms with Crippen LogP contribution < -0.4 is 18.9 Å². The molecule has 0 amide bonds. The minimum Gasteiger partial charge on any atom is -0.497 e. The molecule has 0 saturated carbocycles. The van der Waals surface area contributed by atoms with E-state index in [0.717, 1.165) is 5.56 Å². The molecule has 0 N–H and O–H groups in total. The van der Waals surface area contributed by atoms with Gasteiger partial charge in [-0.25, -0.2) is 0 Å². The molecule has 146 valence electrons. The summed E-state index contributed by atoms with van der Waals surface area (Å²) in [5, 5.41) is 0. The van der Waals surface area contributed by atoms with Gasteiger partial charge in [-0.05, 0) is 36.8 Å². The van der Waals surface area contributed by atoms with E-state index in [4.69, 9.17) is 18.9 Å². The first kappa shape index (κ1) is 19.5. The third kappa shape index (κ3) is 3.33. The van der Waals surface area contributed by atoms with Crippen molar-refractivity contribution in [2.24, 2.45) is 0 Å². The number of allylic oxidation sites excluding steroid dienone is 2. The molecule has 3 rings (SSSR count). The molecule has 0 aliphatic heterocycles.